The van der Waals surface area contributed by atoms with Crippen molar-refractivity contribution in [3.05, 3.63) is 55.7 Å². The van der Waals surface area contributed by atoms with Crippen molar-refractivity contribution in [3.8, 4) is 17.2 Å². The highest BCUT2D eigenvalue weighted by atomic mass is 127. The molecule has 0 radical (unpaired) electrons. The van der Waals surface area contributed by atoms with Crippen LogP contribution in [0.4, 0.5) is 0 Å². The van der Waals surface area contributed by atoms with Crippen molar-refractivity contribution in [2.24, 2.45) is 0 Å². The summed E-state index contributed by atoms with van der Waals surface area (Å²) < 4.78 is 17.0. The molecule has 0 aliphatic heterocycles. The third-order valence-electron chi connectivity index (χ3n) is 4.70. The Morgan fingerprint density at radius 1 is 1.03 bits per heavy atom. The summed E-state index contributed by atoms with van der Waals surface area (Å²) in [5.74, 6) is 0.490. The van der Waals surface area contributed by atoms with Crippen LogP contribution >= 0.6 is 34.2 Å². The first-order chi connectivity index (χ1) is 15.3. The lowest BCUT2D eigenvalue weighted by Crippen LogP contribution is -2.38. The molecule has 0 aliphatic rings. The molecule has 2 aromatic rings. The standard InChI is InChI=1S/C23H26ClIN2O5/c1-6-27(7-2)23(29)18(26-22(28)16-13-15(25)8-9-17(16)24)10-14-11-19(30-3)21(32-5)20(12-14)31-4/h8-13H,6-7H2,1-5H3,(H,26,28). The molecule has 2 rings (SSSR count). The number of likely N-dealkylation sites (N-methyl/N-ethyl adjacent to an activating group) is 1. The lowest BCUT2D eigenvalue weighted by Gasteiger charge is -2.21. The highest BCUT2D eigenvalue weighted by Crippen LogP contribution is 2.38. The molecular weight excluding hydrogens is 547 g/mol. The van der Waals surface area contributed by atoms with E-state index in [1.165, 1.54) is 21.3 Å². The number of nitrogens with zero attached hydrogens (tertiary/aromatic N) is 1. The maximum atomic E-state index is 13.2. The zero-order chi connectivity index (χ0) is 23.8. The number of halogens is 2. The van der Waals surface area contributed by atoms with Gasteiger partial charge in [-0.1, -0.05) is 11.6 Å². The van der Waals surface area contributed by atoms with Crippen LogP contribution in [0.2, 0.25) is 5.02 Å². The van der Waals surface area contributed by atoms with Gasteiger partial charge in [-0.15, -0.1) is 0 Å². The van der Waals surface area contributed by atoms with Crippen LogP contribution in [0.15, 0.2) is 36.0 Å². The van der Waals surface area contributed by atoms with Crippen molar-refractivity contribution in [2.45, 2.75) is 13.8 Å². The first-order valence-electron chi connectivity index (χ1n) is 9.86. The summed E-state index contributed by atoms with van der Waals surface area (Å²) in [4.78, 5) is 27.8. The smallest absolute Gasteiger partial charge is 0.270 e. The Morgan fingerprint density at radius 3 is 2.12 bits per heavy atom. The summed E-state index contributed by atoms with van der Waals surface area (Å²) in [6.07, 6.45) is 1.57. The summed E-state index contributed by atoms with van der Waals surface area (Å²) in [7, 11) is 4.53. The first-order valence-corrected chi connectivity index (χ1v) is 11.3. The molecule has 2 amide bonds. The minimum atomic E-state index is -0.479. The number of ether oxygens (including phenoxy) is 3. The van der Waals surface area contributed by atoms with E-state index in [2.05, 4.69) is 27.9 Å². The van der Waals surface area contributed by atoms with E-state index in [9.17, 15) is 9.59 Å². The number of amides is 2. The van der Waals surface area contributed by atoms with Crippen LogP contribution in [-0.4, -0.2) is 51.1 Å². The number of hydrogen-bond acceptors (Lipinski definition) is 5. The van der Waals surface area contributed by atoms with Crippen molar-refractivity contribution >= 4 is 52.1 Å². The maximum Gasteiger partial charge on any atom is 0.270 e. The Morgan fingerprint density at radius 2 is 1.62 bits per heavy atom. The predicted octanol–water partition coefficient (Wildman–Crippen LogP) is 4.61. The van der Waals surface area contributed by atoms with Gasteiger partial charge >= 0.3 is 0 Å². The van der Waals surface area contributed by atoms with Crippen LogP contribution in [0, 0.1) is 3.57 Å². The number of carbonyl (C=O) groups is 2. The molecule has 0 fully saturated rings. The maximum absolute atomic E-state index is 13.2. The highest BCUT2D eigenvalue weighted by molar-refractivity contribution is 14.1. The average molecular weight is 573 g/mol. The molecule has 0 aliphatic carbocycles. The Labute approximate surface area is 206 Å². The van der Waals surface area contributed by atoms with Gasteiger partial charge in [0.25, 0.3) is 11.8 Å². The highest BCUT2D eigenvalue weighted by Gasteiger charge is 2.21. The van der Waals surface area contributed by atoms with Gasteiger partial charge in [-0.25, -0.2) is 0 Å². The average Bonchev–Trinajstić information content (AvgIpc) is 2.79. The minimum Gasteiger partial charge on any atom is -0.493 e. The summed E-state index contributed by atoms with van der Waals surface area (Å²) in [6.45, 7) is 4.72. The second kappa shape index (κ2) is 12.0. The number of methoxy groups -OCH3 is 3. The van der Waals surface area contributed by atoms with E-state index in [1.807, 2.05) is 13.8 Å². The Bertz CT molecular complexity index is 996. The molecular formula is C23H26ClIN2O5. The Balaban J connectivity index is 2.57. The Hall–Kier alpha value is -2.46. The van der Waals surface area contributed by atoms with Crippen LogP contribution in [-0.2, 0) is 4.79 Å². The summed E-state index contributed by atoms with van der Waals surface area (Å²) in [5, 5.41) is 3.03. The van der Waals surface area contributed by atoms with Crippen LogP contribution in [0.1, 0.15) is 29.8 Å². The van der Waals surface area contributed by atoms with Gasteiger partial charge in [0.2, 0.25) is 5.75 Å². The largest absolute Gasteiger partial charge is 0.493 e. The van der Waals surface area contributed by atoms with Crippen molar-refractivity contribution in [1.82, 2.24) is 10.2 Å². The van der Waals surface area contributed by atoms with Crippen molar-refractivity contribution in [2.75, 3.05) is 34.4 Å². The van der Waals surface area contributed by atoms with E-state index >= 15 is 0 Å². The van der Waals surface area contributed by atoms with E-state index in [0.29, 0.717) is 40.9 Å². The first kappa shape index (κ1) is 25.8. The normalized spacial score (nSPS) is 11.0. The molecule has 7 nitrogen and oxygen atoms in total. The number of benzene rings is 2. The zero-order valence-electron chi connectivity index (χ0n) is 18.6. The van der Waals surface area contributed by atoms with Gasteiger partial charge in [-0.2, -0.15) is 0 Å². The molecule has 172 valence electrons. The molecule has 0 bridgehead atoms. The molecule has 0 spiro atoms. The molecule has 0 unspecified atom stereocenters. The summed E-state index contributed by atoms with van der Waals surface area (Å²) in [5.41, 5.74) is 0.966. The van der Waals surface area contributed by atoms with Crippen LogP contribution in [0.5, 0.6) is 17.2 Å². The van der Waals surface area contributed by atoms with Gasteiger partial charge in [0.15, 0.2) is 11.5 Å². The van der Waals surface area contributed by atoms with Crippen LogP contribution < -0.4 is 19.5 Å². The zero-order valence-corrected chi connectivity index (χ0v) is 21.5. The fraction of sp³-hybridized carbons (Fsp3) is 0.304. The summed E-state index contributed by atoms with van der Waals surface area (Å²) >= 11 is 8.32. The molecule has 0 atom stereocenters. The molecule has 0 aromatic heterocycles. The van der Waals surface area contributed by atoms with Crippen molar-refractivity contribution < 1.29 is 23.8 Å². The van der Waals surface area contributed by atoms with Gasteiger partial charge in [-0.05, 0) is 78.4 Å². The quantitative estimate of drug-likeness (QED) is 0.351. The monoisotopic (exact) mass is 572 g/mol. The molecule has 0 saturated heterocycles. The van der Waals surface area contributed by atoms with E-state index < -0.39 is 5.91 Å². The predicted molar refractivity (Wildman–Crippen MR) is 134 cm³/mol. The van der Waals surface area contributed by atoms with Gasteiger partial charge in [-0.3, -0.25) is 9.59 Å². The van der Waals surface area contributed by atoms with E-state index in [-0.39, 0.29) is 17.2 Å². The third-order valence-corrected chi connectivity index (χ3v) is 5.70. The van der Waals surface area contributed by atoms with E-state index in [0.717, 1.165) is 3.57 Å². The van der Waals surface area contributed by atoms with Crippen molar-refractivity contribution in [1.29, 1.82) is 0 Å². The van der Waals surface area contributed by atoms with E-state index in [4.69, 9.17) is 25.8 Å². The number of rotatable bonds is 9. The lowest BCUT2D eigenvalue weighted by molar-refractivity contribution is -0.127. The molecule has 1 N–H and O–H groups in total. The van der Waals surface area contributed by atoms with Crippen molar-refractivity contribution in [3.63, 3.8) is 0 Å². The third kappa shape index (κ3) is 6.07. The molecule has 0 saturated carbocycles. The van der Waals surface area contributed by atoms with Gasteiger partial charge in [0.05, 0.1) is 31.9 Å². The van der Waals surface area contributed by atoms with Crippen LogP contribution in [0.3, 0.4) is 0 Å². The minimum absolute atomic E-state index is 0.0999. The molecule has 9 heteroatoms. The van der Waals surface area contributed by atoms with Crippen LogP contribution in [0.25, 0.3) is 6.08 Å². The van der Waals surface area contributed by atoms with Gasteiger partial charge in [0, 0.05) is 16.7 Å². The lowest BCUT2D eigenvalue weighted by atomic mass is 10.1. The molecule has 2 aromatic carbocycles. The van der Waals surface area contributed by atoms with Gasteiger partial charge in [0.1, 0.15) is 5.70 Å². The van der Waals surface area contributed by atoms with Gasteiger partial charge < -0.3 is 24.4 Å². The topological polar surface area (TPSA) is 77.1 Å². The summed E-state index contributed by atoms with van der Waals surface area (Å²) in [6, 6.07) is 8.50. The molecule has 0 heterocycles. The fourth-order valence-corrected chi connectivity index (χ4v) is 3.74. The second-order valence-corrected chi connectivity index (χ2v) is 8.23. The number of hydrogen-bond donors (Lipinski definition) is 1. The SMILES string of the molecule is CCN(CC)C(=O)C(=Cc1cc(OC)c(OC)c(OC)c1)NC(=O)c1cc(I)ccc1Cl. The molecule has 32 heavy (non-hydrogen) atoms. The fourth-order valence-electron chi connectivity index (χ4n) is 3.04. The van der Waals surface area contributed by atoms with E-state index in [1.54, 1.807) is 41.3 Å². The number of nitrogens with one attached hydrogen (secondary N) is 1. The Kier molecular flexibility index (Phi) is 9.64. The second-order valence-electron chi connectivity index (χ2n) is 6.57. The number of carbonyl (C=O) groups excluding carboxylic acids is 2.